The Morgan fingerprint density at radius 3 is 2.58 bits per heavy atom. The fourth-order valence-corrected chi connectivity index (χ4v) is 3.11. The number of hydrogen-bond donors (Lipinski definition) is 1. The van der Waals surface area contributed by atoms with Crippen molar-refractivity contribution in [1.29, 1.82) is 0 Å². The van der Waals surface area contributed by atoms with E-state index in [4.69, 9.17) is 0 Å². The third-order valence-corrected chi connectivity index (χ3v) is 4.31. The summed E-state index contributed by atoms with van der Waals surface area (Å²) in [6.45, 7) is 2.61. The molecule has 124 valence electrons. The average Bonchev–Trinajstić information content (AvgIpc) is 2.61. The van der Waals surface area contributed by atoms with E-state index in [0.29, 0.717) is 12.0 Å². The first-order valence-electron chi connectivity index (χ1n) is 8.39. The van der Waals surface area contributed by atoms with Crippen LogP contribution in [0, 0.1) is 0 Å². The second-order valence-electron chi connectivity index (χ2n) is 6.22. The number of rotatable bonds is 4. The molecule has 0 aromatic heterocycles. The first-order valence-corrected chi connectivity index (χ1v) is 8.39. The number of nitrogens with one attached hydrogen (secondary N) is 1. The summed E-state index contributed by atoms with van der Waals surface area (Å²) >= 11 is 0. The molecule has 2 aromatic carbocycles. The summed E-state index contributed by atoms with van der Waals surface area (Å²) in [6, 6.07) is 16.9. The number of carbonyl (C=O) groups is 2. The summed E-state index contributed by atoms with van der Waals surface area (Å²) in [5.41, 5.74) is 2.84. The van der Waals surface area contributed by atoms with E-state index in [1.807, 2.05) is 48.2 Å². The summed E-state index contributed by atoms with van der Waals surface area (Å²) < 4.78 is 0. The van der Waals surface area contributed by atoms with E-state index in [0.717, 1.165) is 25.1 Å². The molecule has 1 N–H and O–H groups in total. The lowest BCUT2D eigenvalue weighted by Gasteiger charge is -2.30. The van der Waals surface area contributed by atoms with Crippen LogP contribution in [0.4, 0.5) is 5.69 Å². The topological polar surface area (TPSA) is 49.4 Å². The third-order valence-electron chi connectivity index (χ3n) is 4.31. The van der Waals surface area contributed by atoms with Gasteiger partial charge in [-0.3, -0.25) is 9.59 Å². The Kier molecular flexibility index (Phi) is 4.94. The lowest BCUT2D eigenvalue weighted by atomic mass is 10.0. The quantitative estimate of drug-likeness (QED) is 0.940. The largest absolute Gasteiger partial charge is 0.349 e. The van der Waals surface area contributed by atoms with Crippen molar-refractivity contribution in [2.45, 2.75) is 32.2 Å². The fraction of sp³-hybridized carbons (Fsp3) is 0.300. The molecule has 0 aliphatic carbocycles. The van der Waals surface area contributed by atoms with Crippen molar-refractivity contribution in [2.75, 3.05) is 11.4 Å². The Morgan fingerprint density at radius 2 is 1.79 bits per heavy atom. The van der Waals surface area contributed by atoms with Crippen molar-refractivity contribution in [1.82, 2.24) is 5.32 Å². The minimum atomic E-state index is -0.209. The molecule has 0 saturated heterocycles. The van der Waals surface area contributed by atoms with Crippen molar-refractivity contribution in [3.05, 3.63) is 65.7 Å². The van der Waals surface area contributed by atoms with E-state index in [9.17, 15) is 9.59 Å². The van der Waals surface area contributed by atoms with E-state index < -0.39 is 0 Å². The highest BCUT2D eigenvalue weighted by atomic mass is 16.2. The summed E-state index contributed by atoms with van der Waals surface area (Å²) in [6.07, 6.45) is 2.29. The van der Waals surface area contributed by atoms with Gasteiger partial charge < -0.3 is 10.2 Å². The molecule has 2 amide bonds. The van der Waals surface area contributed by atoms with Gasteiger partial charge in [-0.25, -0.2) is 0 Å². The van der Waals surface area contributed by atoms with Crippen LogP contribution >= 0.6 is 0 Å². The maximum absolute atomic E-state index is 12.7. The first-order chi connectivity index (χ1) is 11.6. The van der Waals surface area contributed by atoms with E-state index in [2.05, 4.69) is 11.4 Å². The van der Waals surface area contributed by atoms with E-state index in [1.165, 1.54) is 5.56 Å². The van der Waals surface area contributed by atoms with E-state index >= 15 is 0 Å². The van der Waals surface area contributed by atoms with Crippen LogP contribution in [0.3, 0.4) is 0 Å². The Balaban J connectivity index is 1.62. The number of aryl methyl sites for hydroxylation is 1. The zero-order chi connectivity index (χ0) is 16.9. The molecule has 0 spiro atoms. The van der Waals surface area contributed by atoms with Gasteiger partial charge in [0.25, 0.3) is 5.91 Å². The van der Waals surface area contributed by atoms with Gasteiger partial charge in [-0.05, 0) is 43.5 Å². The van der Waals surface area contributed by atoms with Crippen molar-refractivity contribution < 1.29 is 9.59 Å². The number of amides is 2. The normalized spacial score (nSPS) is 14.6. The molecular formula is C20H22N2O2. The lowest BCUT2D eigenvalue weighted by molar-refractivity contribution is -0.119. The Labute approximate surface area is 142 Å². The number of nitrogens with zero attached hydrogens (tertiary/aromatic N) is 1. The molecule has 4 heteroatoms. The number of benzene rings is 2. The monoisotopic (exact) mass is 322 g/mol. The van der Waals surface area contributed by atoms with Gasteiger partial charge in [-0.2, -0.15) is 0 Å². The molecule has 1 unspecified atom stereocenters. The standard InChI is InChI=1S/C20H22N2O2/c1-15(21-20(24)17-9-3-2-4-10-17)14-19(23)22-13-7-11-16-8-5-6-12-18(16)22/h2-6,8-10,12,15H,7,11,13-14H2,1H3,(H,21,24). The number of para-hydroxylation sites is 1. The molecule has 1 aliphatic rings. The van der Waals surface area contributed by atoms with Crippen molar-refractivity contribution >= 4 is 17.5 Å². The fourth-order valence-electron chi connectivity index (χ4n) is 3.11. The third kappa shape index (κ3) is 3.65. The van der Waals surface area contributed by atoms with Crippen LogP contribution in [0.2, 0.25) is 0 Å². The highest BCUT2D eigenvalue weighted by Crippen LogP contribution is 2.27. The molecule has 0 radical (unpaired) electrons. The van der Waals surface area contributed by atoms with Gasteiger partial charge in [-0.15, -0.1) is 0 Å². The molecule has 0 bridgehead atoms. The summed E-state index contributed by atoms with van der Waals surface area (Å²) in [5, 5.41) is 2.90. The van der Waals surface area contributed by atoms with Gasteiger partial charge in [0.1, 0.15) is 0 Å². The molecule has 0 fully saturated rings. The van der Waals surface area contributed by atoms with Crippen molar-refractivity contribution in [3.8, 4) is 0 Å². The molecule has 0 saturated carbocycles. The van der Waals surface area contributed by atoms with Crippen LogP contribution in [0.1, 0.15) is 35.7 Å². The maximum atomic E-state index is 12.7. The van der Waals surface area contributed by atoms with Crippen molar-refractivity contribution in [3.63, 3.8) is 0 Å². The van der Waals surface area contributed by atoms with Crippen LogP contribution < -0.4 is 10.2 Å². The zero-order valence-electron chi connectivity index (χ0n) is 13.9. The number of anilines is 1. The molecule has 24 heavy (non-hydrogen) atoms. The molecule has 1 aliphatic heterocycles. The second-order valence-corrected chi connectivity index (χ2v) is 6.22. The second kappa shape index (κ2) is 7.30. The Hall–Kier alpha value is -2.62. The molecular weight excluding hydrogens is 300 g/mol. The highest BCUT2D eigenvalue weighted by Gasteiger charge is 2.23. The first kappa shape index (κ1) is 16.2. The molecule has 1 atom stereocenters. The minimum Gasteiger partial charge on any atom is -0.349 e. The lowest BCUT2D eigenvalue weighted by Crippen LogP contribution is -2.41. The molecule has 3 rings (SSSR count). The van der Waals surface area contributed by atoms with Crippen LogP contribution in [0.25, 0.3) is 0 Å². The Bertz CT molecular complexity index is 727. The summed E-state index contributed by atoms with van der Waals surface area (Å²) in [7, 11) is 0. The van der Waals surface area contributed by atoms with Crippen LogP contribution in [0.5, 0.6) is 0 Å². The summed E-state index contributed by atoms with van der Waals surface area (Å²) in [5.74, 6) is -0.0852. The van der Waals surface area contributed by atoms with E-state index in [1.54, 1.807) is 12.1 Å². The van der Waals surface area contributed by atoms with Gasteiger partial charge in [0.15, 0.2) is 0 Å². The smallest absolute Gasteiger partial charge is 0.251 e. The van der Waals surface area contributed by atoms with E-state index in [-0.39, 0.29) is 17.9 Å². The van der Waals surface area contributed by atoms with Crippen LogP contribution in [-0.2, 0) is 11.2 Å². The number of hydrogen-bond acceptors (Lipinski definition) is 2. The maximum Gasteiger partial charge on any atom is 0.251 e. The SMILES string of the molecule is CC(CC(=O)N1CCCc2ccccc21)NC(=O)c1ccccc1. The number of carbonyl (C=O) groups excluding carboxylic acids is 2. The van der Waals surface area contributed by atoms with Crippen LogP contribution in [0.15, 0.2) is 54.6 Å². The summed E-state index contributed by atoms with van der Waals surface area (Å²) in [4.78, 5) is 26.7. The van der Waals surface area contributed by atoms with Gasteiger partial charge in [0.2, 0.25) is 5.91 Å². The number of fused-ring (bicyclic) bond motifs is 1. The van der Waals surface area contributed by atoms with Gasteiger partial charge in [0.05, 0.1) is 0 Å². The highest BCUT2D eigenvalue weighted by molar-refractivity contribution is 5.97. The average molecular weight is 322 g/mol. The molecule has 1 heterocycles. The predicted molar refractivity (Wildman–Crippen MR) is 95.1 cm³/mol. The predicted octanol–water partition coefficient (Wildman–Crippen LogP) is 3.17. The molecule has 2 aromatic rings. The van der Waals surface area contributed by atoms with Gasteiger partial charge in [-0.1, -0.05) is 36.4 Å². The minimum absolute atomic E-state index is 0.0583. The molecule has 4 nitrogen and oxygen atoms in total. The van der Waals surface area contributed by atoms with Crippen LogP contribution in [-0.4, -0.2) is 24.4 Å². The van der Waals surface area contributed by atoms with Gasteiger partial charge in [0, 0.05) is 30.3 Å². The Morgan fingerprint density at radius 1 is 1.08 bits per heavy atom. The van der Waals surface area contributed by atoms with Crippen molar-refractivity contribution in [2.24, 2.45) is 0 Å². The van der Waals surface area contributed by atoms with Gasteiger partial charge >= 0.3 is 0 Å². The zero-order valence-corrected chi connectivity index (χ0v) is 13.9.